The minimum absolute atomic E-state index is 0.0450. The Morgan fingerprint density at radius 3 is 1.68 bits per heavy atom. The van der Waals surface area contributed by atoms with Crippen LogP contribution in [0.1, 0.15) is 123 Å². The van der Waals surface area contributed by atoms with Crippen molar-refractivity contribution in [3.8, 4) is 0 Å². The predicted octanol–water partition coefficient (Wildman–Crippen LogP) is 6.77. The summed E-state index contributed by atoms with van der Waals surface area (Å²) in [6.45, 7) is 2.97. The molecule has 0 radical (unpaired) electrons. The molecule has 1 rings (SSSR count). The summed E-state index contributed by atoms with van der Waals surface area (Å²) in [5.74, 6) is -1.17. The zero-order chi connectivity index (χ0) is 41.4. The molecular formula is C42H69O13P. The standard InChI is InChI=1S/C42H69O13P/c1-3-5-7-9-11-13-15-17-19-20-22-24-26-28-30-35(43)52-32-34(33-53-56(50,51)55-42-40(48)38(46)37(45)39(47)41(42)49)54-36(44)31-29-27-25-23-21-18-16-14-12-10-8-6-4-2/h5-8,10-14,16,18,21,34,37-42,45-49H,3-4,9,15,17,19-20,22-33H2,1-2H3,(H,50,51)/b7-5+,8-6+,12-10+,13-11+,16-14+,21-18+/t34?,37?,38-,39?,40?,41?,42?/m0/s1. The molecule has 1 aliphatic carbocycles. The molecule has 0 aliphatic heterocycles. The lowest BCUT2D eigenvalue weighted by Crippen LogP contribution is -2.64. The van der Waals surface area contributed by atoms with Crippen molar-refractivity contribution in [2.45, 2.75) is 166 Å². The number of aliphatic hydroxyl groups excluding tert-OH is 5. The average Bonchev–Trinajstić information content (AvgIpc) is 3.18. The highest BCUT2D eigenvalue weighted by Crippen LogP contribution is 2.47. The third-order valence-electron chi connectivity index (χ3n) is 8.89. The highest BCUT2D eigenvalue weighted by Gasteiger charge is 2.51. The van der Waals surface area contributed by atoms with Crippen LogP contribution in [0.25, 0.3) is 0 Å². The van der Waals surface area contributed by atoms with Gasteiger partial charge in [-0.25, -0.2) is 4.57 Å². The first-order valence-electron chi connectivity index (χ1n) is 20.3. The number of hydrogen-bond acceptors (Lipinski definition) is 12. The summed E-state index contributed by atoms with van der Waals surface area (Å²) in [5, 5.41) is 50.0. The Morgan fingerprint density at radius 1 is 0.571 bits per heavy atom. The molecule has 0 bridgehead atoms. The lowest BCUT2D eigenvalue weighted by molar-refractivity contribution is -0.220. The van der Waals surface area contributed by atoms with E-state index in [-0.39, 0.29) is 12.8 Å². The van der Waals surface area contributed by atoms with Gasteiger partial charge in [-0.1, -0.05) is 125 Å². The molecule has 0 aromatic carbocycles. The maximum absolute atomic E-state index is 12.8. The summed E-state index contributed by atoms with van der Waals surface area (Å²) < 4.78 is 33.3. The molecule has 56 heavy (non-hydrogen) atoms. The van der Waals surface area contributed by atoms with Crippen LogP contribution >= 0.6 is 7.82 Å². The van der Waals surface area contributed by atoms with E-state index in [0.717, 1.165) is 83.5 Å². The molecule has 0 aromatic rings. The van der Waals surface area contributed by atoms with E-state index in [1.165, 1.54) is 0 Å². The van der Waals surface area contributed by atoms with E-state index >= 15 is 0 Å². The Labute approximate surface area is 334 Å². The number of aliphatic hydroxyl groups is 5. The summed E-state index contributed by atoms with van der Waals surface area (Å²) in [7, 11) is -5.13. The van der Waals surface area contributed by atoms with E-state index in [9.17, 15) is 44.6 Å². The summed E-state index contributed by atoms with van der Waals surface area (Å²) >= 11 is 0. The lowest BCUT2D eigenvalue weighted by Gasteiger charge is -2.41. The van der Waals surface area contributed by atoms with Gasteiger partial charge in [0.25, 0.3) is 0 Å². The molecule has 0 heterocycles. The van der Waals surface area contributed by atoms with Gasteiger partial charge in [-0.15, -0.1) is 0 Å². The third-order valence-corrected chi connectivity index (χ3v) is 9.87. The number of esters is 2. The number of phosphoric acid groups is 1. The van der Waals surface area contributed by atoms with Crippen LogP contribution in [0.15, 0.2) is 72.9 Å². The van der Waals surface area contributed by atoms with E-state index in [2.05, 4.69) is 44.2 Å². The third kappa shape index (κ3) is 24.8. The second-order valence-electron chi connectivity index (χ2n) is 13.8. The number of hydrogen-bond donors (Lipinski definition) is 6. The first-order valence-corrected chi connectivity index (χ1v) is 21.8. The fourth-order valence-electron chi connectivity index (χ4n) is 5.63. The molecule has 0 aromatic heterocycles. The highest BCUT2D eigenvalue weighted by atomic mass is 31.2. The molecule has 7 unspecified atom stereocenters. The van der Waals surface area contributed by atoms with Crippen LogP contribution in [0.4, 0.5) is 0 Å². The first kappa shape index (κ1) is 51.3. The minimum Gasteiger partial charge on any atom is -0.462 e. The van der Waals surface area contributed by atoms with Crippen molar-refractivity contribution < 1.29 is 63.1 Å². The molecule has 0 spiro atoms. The Hall–Kier alpha value is -2.71. The minimum atomic E-state index is -5.13. The molecule has 8 atom stereocenters. The van der Waals surface area contributed by atoms with Crippen LogP contribution < -0.4 is 0 Å². The smallest absolute Gasteiger partial charge is 0.462 e. The van der Waals surface area contributed by atoms with Crippen molar-refractivity contribution >= 4 is 19.8 Å². The van der Waals surface area contributed by atoms with Gasteiger partial charge < -0.3 is 39.9 Å². The molecule has 1 fully saturated rings. The Morgan fingerprint density at radius 2 is 1.05 bits per heavy atom. The normalized spacial score (nSPS) is 23.6. The number of rotatable bonds is 31. The number of phosphoric ester groups is 1. The van der Waals surface area contributed by atoms with Gasteiger partial charge >= 0.3 is 19.8 Å². The number of carbonyl (C=O) groups excluding carboxylic acids is 2. The van der Waals surface area contributed by atoms with Gasteiger partial charge in [0.05, 0.1) is 6.61 Å². The van der Waals surface area contributed by atoms with Gasteiger partial charge in [0.1, 0.15) is 43.2 Å². The summed E-state index contributed by atoms with van der Waals surface area (Å²) in [4.78, 5) is 35.5. The van der Waals surface area contributed by atoms with Crippen molar-refractivity contribution in [1.82, 2.24) is 0 Å². The summed E-state index contributed by atoms with van der Waals surface area (Å²) in [5.41, 5.74) is 0. The van der Waals surface area contributed by atoms with Crippen molar-refractivity contribution in [3.05, 3.63) is 72.9 Å². The van der Waals surface area contributed by atoms with Crippen LogP contribution in [-0.4, -0.2) is 98.3 Å². The van der Waals surface area contributed by atoms with E-state index in [1.54, 1.807) is 0 Å². The van der Waals surface area contributed by atoms with E-state index in [4.69, 9.17) is 18.5 Å². The largest absolute Gasteiger partial charge is 0.472 e. The Bertz CT molecular complexity index is 1260. The van der Waals surface area contributed by atoms with Crippen LogP contribution in [0, 0.1) is 0 Å². The van der Waals surface area contributed by atoms with Gasteiger partial charge in [0.2, 0.25) is 0 Å². The molecule has 0 amide bonds. The van der Waals surface area contributed by atoms with Crippen LogP contribution in [-0.2, 0) is 32.7 Å². The number of unbranched alkanes of at least 4 members (excludes halogenated alkanes) is 10. The quantitative estimate of drug-likeness (QED) is 0.0141. The van der Waals surface area contributed by atoms with E-state index < -0.39 is 75.7 Å². The Kier molecular flexibility index (Phi) is 29.6. The maximum atomic E-state index is 12.8. The first-order chi connectivity index (χ1) is 26.9. The van der Waals surface area contributed by atoms with Crippen molar-refractivity contribution in [3.63, 3.8) is 0 Å². The van der Waals surface area contributed by atoms with Crippen LogP contribution in [0.5, 0.6) is 0 Å². The second kappa shape index (κ2) is 32.3. The second-order valence-corrected chi connectivity index (χ2v) is 15.2. The number of allylic oxidation sites excluding steroid dienone is 12. The number of carbonyl (C=O) groups is 2. The van der Waals surface area contributed by atoms with Gasteiger partial charge in [-0.2, -0.15) is 0 Å². The van der Waals surface area contributed by atoms with Gasteiger partial charge in [-0.05, 0) is 57.8 Å². The molecule has 1 aliphatic rings. The van der Waals surface area contributed by atoms with Crippen molar-refractivity contribution in [2.24, 2.45) is 0 Å². The van der Waals surface area contributed by atoms with E-state index in [0.29, 0.717) is 12.8 Å². The van der Waals surface area contributed by atoms with Crippen molar-refractivity contribution in [1.29, 1.82) is 0 Å². The molecule has 6 N–H and O–H groups in total. The zero-order valence-electron chi connectivity index (χ0n) is 33.4. The molecule has 14 heteroatoms. The fourth-order valence-corrected chi connectivity index (χ4v) is 6.60. The van der Waals surface area contributed by atoms with Crippen LogP contribution in [0.2, 0.25) is 0 Å². The zero-order valence-corrected chi connectivity index (χ0v) is 34.3. The highest BCUT2D eigenvalue weighted by molar-refractivity contribution is 7.47. The summed E-state index contributed by atoms with van der Waals surface area (Å²) in [6.07, 6.45) is 25.5. The maximum Gasteiger partial charge on any atom is 0.472 e. The fraction of sp³-hybridized carbons (Fsp3) is 0.667. The monoisotopic (exact) mass is 812 g/mol. The average molecular weight is 813 g/mol. The predicted molar refractivity (Wildman–Crippen MR) is 216 cm³/mol. The molecule has 1 saturated carbocycles. The molecule has 13 nitrogen and oxygen atoms in total. The van der Waals surface area contributed by atoms with Crippen molar-refractivity contribution in [2.75, 3.05) is 13.2 Å². The SMILES string of the molecule is CC/C=C/C=C/C=C/C=C/CCCCCC(=O)OC(COC(=O)CCCCCCCCC/C=C/C/C=C/CC)COP(=O)(O)OC1C(O)C(O)C(O)[C@H](O)C1O. The molecule has 0 saturated heterocycles. The van der Waals surface area contributed by atoms with E-state index in [1.807, 2.05) is 42.5 Å². The number of ether oxygens (including phenoxy) is 2. The molecular weight excluding hydrogens is 743 g/mol. The van der Waals surface area contributed by atoms with Gasteiger partial charge in [0.15, 0.2) is 6.10 Å². The molecule has 320 valence electrons. The Balaban J connectivity index is 2.56. The van der Waals surface area contributed by atoms with Gasteiger partial charge in [-0.3, -0.25) is 18.6 Å². The summed E-state index contributed by atoms with van der Waals surface area (Å²) in [6, 6.07) is 0. The van der Waals surface area contributed by atoms with Gasteiger partial charge in [0, 0.05) is 12.8 Å². The van der Waals surface area contributed by atoms with Crippen LogP contribution in [0.3, 0.4) is 0 Å². The topological polar surface area (TPSA) is 210 Å². The lowest BCUT2D eigenvalue weighted by atomic mass is 9.85.